The first-order valence-electron chi connectivity index (χ1n) is 5.48. The second kappa shape index (κ2) is 6.53. The van der Waals surface area contributed by atoms with Crippen LogP contribution >= 0.6 is 0 Å². The lowest BCUT2D eigenvalue weighted by Gasteiger charge is -2.08. The summed E-state index contributed by atoms with van der Waals surface area (Å²) in [6.07, 6.45) is 1.35. The third kappa shape index (κ3) is 5.31. The van der Waals surface area contributed by atoms with Gasteiger partial charge in [-0.05, 0) is 30.7 Å². The molecule has 0 unspecified atom stereocenters. The molecule has 0 saturated carbocycles. The first-order valence-corrected chi connectivity index (χ1v) is 7.13. The molecular formula is C11H15F2NO3S. The fourth-order valence-electron chi connectivity index (χ4n) is 1.27. The third-order valence-corrected chi connectivity index (χ3v) is 3.49. The maximum Gasteiger partial charge on any atom is 0.387 e. The number of benzene rings is 1. The Morgan fingerprint density at radius 1 is 1.28 bits per heavy atom. The van der Waals surface area contributed by atoms with Crippen LogP contribution in [-0.2, 0) is 10.0 Å². The van der Waals surface area contributed by atoms with E-state index in [4.69, 9.17) is 0 Å². The maximum atomic E-state index is 11.9. The number of sulfonamides is 1. The van der Waals surface area contributed by atoms with Crippen LogP contribution in [-0.4, -0.2) is 20.8 Å². The highest BCUT2D eigenvalue weighted by Crippen LogP contribution is 2.18. The summed E-state index contributed by atoms with van der Waals surface area (Å²) in [5, 5.41) is 0. The topological polar surface area (TPSA) is 55.4 Å². The molecule has 0 heterocycles. The van der Waals surface area contributed by atoms with Crippen LogP contribution in [0.4, 0.5) is 14.5 Å². The SMILES string of the molecule is CCCCS(=O)(=O)Nc1ccc(OC(F)F)cc1. The van der Waals surface area contributed by atoms with Gasteiger partial charge in [0.2, 0.25) is 10.0 Å². The van der Waals surface area contributed by atoms with Crippen LogP contribution in [0.1, 0.15) is 19.8 Å². The van der Waals surface area contributed by atoms with Crippen molar-refractivity contribution in [3.63, 3.8) is 0 Å². The monoisotopic (exact) mass is 279 g/mol. The Bertz CT molecular complexity index is 460. The van der Waals surface area contributed by atoms with Gasteiger partial charge in [0.25, 0.3) is 0 Å². The van der Waals surface area contributed by atoms with E-state index >= 15 is 0 Å². The van der Waals surface area contributed by atoms with Crippen molar-refractivity contribution in [3.8, 4) is 5.75 Å². The van der Waals surface area contributed by atoms with Crippen LogP contribution in [0.5, 0.6) is 5.75 Å². The van der Waals surface area contributed by atoms with E-state index in [1.165, 1.54) is 24.3 Å². The van der Waals surface area contributed by atoms with Crippen LogP contribution in [0.3, 0.4) is 0 Å². The predicted molar refractivity (Wildman–Crippen MR) is 65.4 cm³/mol. The van der Waals surface area contributed by atoms with Crippen molar-refractivity contribution in [2.75, 3.05) is 10.5 Å². The molecule has 18 heavy (non-hydrogen) atoms. The highest BCUT2D eigenvalue weighted by atomic mass is 32.2. The first kappa shape index (κ1) is 14.7. The standard InChI is InChI=1S/C11H15F2NO3S/c1-2-3-8-18(15,16)14-9-4-6-10(7-5-9)17-11(12)13/h4-7,11,14H,2-3,8H2,1H3. The van der Waals surface area contributed by atoms with Gasteiger partial charge >= 0.3 is 6.61 Å². The van der Waals surface area contributed by atoms with Crippen molar-refractivity contribution in [3.05, 3.63) is 24.3 Å². The highest BCUT2D eigenvalue weighted by molar-refractivity contribution is 7.92. The van der Waals surface area contributed by atoms with Crippen molar-refractivity contribution in [2.45, 2.75) is 26.4 Å². The van der Waals surface area contributed by atoms with E-state index in [0.717, 1.165) is 6.42 Å². The molecule has 0 aromatic heterocycles. The van der Waals surface area contributed by atoms with Crippen molar-refractivity contribution >= 4 is 15.7 Å². The summed E-state index contributed by atoms with van der Waals surface area (Å²) in [5.74, 6) is 0.0280. The third-order valence-electron chi connectivity index (χ3n) is 2.12. The molecule has 0 aliphatic heterocycles. The number of rotatable bonds is 7. The minimum atomic E-state index is -3.37. The molecular weight excluding hydrogens is 264 g/mol. The first-order chi connectivity index (χ1) is 8.43. The van der Waals surface area contributed by atoms with Crippen LogP contribution < -0.4 is 9.46 Å². The zero-order chi connectivity index (χ0) is 13.6. The number of ether oxygens (including phenoxy) is 1. The molecule has 0 saturated heterocycles. The van der Waals surface area contributed by atoms with Crippen molar-refractivity contribution < 1.29 is 21.9 Å². The Labute approximate surface area is 105 Å². The molecule has 1 aromatic rings. The van der Waals surface area contributed by atoms with Gasteiger partial charge in [-0.3, -0.25) is 4.72 Å². The lowest BCUT2D eigenvalue weighted by molar-refractivity contribution is -0.0498. The van der Waals surface area contributed by atoms with E-state index in [0.29, 0.717) is 12.1 Å². The fourth-order valence-corrected chi connectivity index (χ4v) is 2.54. The second-order valence-electron chi connectivity index (χ2n) is 3.68. The largest absolute Gasteiger partial charge is 0.435 e. The minimum absolute atomic E-state index is 0.0125. The maximum absolute atomic E-state index is 11.9. The van der Waals surface area contributed by atoms with Crippen molar-refractivity contribution in [1.29, 1.82) is 0 Å². The summed E-state index contributed by atoms with van der Waals surface area (Å²) < 4.78 is 53.4. The Morgan fingerprint density at radius 2 is 1.89 bits per heavy atom. The molecule has 0 fully saturated rings. The summed E-state index contributed by atoms with van der Waals surface area (Å²) >= 11 is 0. The molecule has 4 nitrogen and oxygen atoms in total. The molecule has 0 amide bonds. The van der Waals surface area contributed by atoms with E-state index in [1.807, 2.05) is 6.92 Å². The van der Waals surface area contributed by atoms with Crippen LogP contribution in [0, 0.1) is 0 Å². The molecule has 1 aromatic carbocycles. The number of halogens is 2. The van der Waals surface area contributed by atoms with E-state index in [2.05, 4.69) is 9.46 Å². The van der Waals surface area contributed by atoms with Gasteiger partial charge in [-0.15, -0.1) is 0 Å². The normalized spacial score (nSPS) is 11.6. The predicted octanol–water partition coefficient (Wildman–Crippen LogP) is 2.83. The quantitative estimate of drug-likeness (QED) is 0.835. The molecule has 7 heteroatoms. The van der Waals surface area contributed by atoms with Gasteiger partial charge in [-0.25, -0.2) is 8.42 Å². The molecule has 0 spiro atoms. The second-order valence-corrected chi connectivity index (χ2v) is 5.52. The average Bonchev–Trinajstić information content (AvgIpc) is 2.28. The Morgan fingerprint density at radius 3 is 2.39 bits per heavy atom. The number of hydrogen-bond donors (Lipinski definition) is 1. The van der Waals surface area contributed by atoms with Gasteiger partial charge in [-0.1, -0.05) is 13.3 Å². The van der Waals surface area contributed by atoms with Gasteiger partial charge < -0.3 is 4.74 Å². The zero-order valence-corrected chi connectivity index (χ0v) is 10.7. The summed E-state index contributed by atoms with van der Waals surface area (Å²) in [7, 11) is -3.37. The minimum Gasteiger partial charge on any atom is -0.435 e. The Kier molecular flexibility index (Phi) is 5.33. The van der Waals surface area contributed by atoms with Crippen molar-refractivity contribution in [2.24, 2.45) is 0 Å². The lowest BCUT2D eigenvalue weighted by atomic mass is 10.3. The molecule has 0 atom stereocenters. The van der Waals surface area contributed by atoms with Gasteiger partial charge in [0.15, 0.2) is 0 Å². The number of nitrogens with one attached hydrogen (secondary N) is 1. The number of hydrogen-bond acceptors (Lipinski definition) is 3. The molecule has 102 valence electrons. The molecule has 0 radical (unpaired) electrons. The molecule has 0 aliphatic rings. The lowest BCUT2D eigenvalue weighted by Crippen LogP contribution is -2.16. The Balaban J connectivity index is 2.63. The number of unbranched alkanes of at least 4 members (excludes halogenated alkanes) is 1. The van der Waals surface area contributed by atoms with E-state index < -0.39 is 16.6 Å². The summed E-state index contributed by atoms with van der Waals surface area (Å²) in [6, 6.07) is 5.32. The number of anilines is 1. The van der Waals surface area contributed by atoms with Gasteiger partial charge in [-0.2, -0.15) is 8.78 Å². The smallest absolute Gasteiger partial charge is 0.387 e. The highest BCUT2D eigenvalue weighted by Gasteiger charge is 2.10. The van der Waals surface area contributed by atoms with E-state index in [1.54, 1.807) is 0 Å². The Hall–Kier alpha value is -1.37. The fraction of sp³-hybridized carbons (Fsp3) is 0.455. The summed E-state index contributed by atoms with van der Waals surface area (Å²) in [4.78, 5) is 0. The van der Waals surface area contributed by atoms with Gasteiger partial charge in [0, 0.05) is 5.69 Å². The van der Waals surface area contributed by atoms with E-state index in [-0.39, 0.29) is 11.5 Å². The van der Waals surface area contributed by atoms with E-state index in [9.17, 15) is 17.2 Å². The van der Waals surface area contributed by atoms with Crippen LogP contribution in [0.2, 0.25) is 0 Å². The van der Waals surface area contributed by atoms with Crippen molar-refractivity contribution in [1.82, 2.24) is 0 Å². The van der Waals surface area contributed by atoms with Gasteiger partial charge in [0.05, 0.1) is 5.75 Å². The van der Waals surface area contributed by atoms with Crippen LogP contribution in [0.25, 0.3) is 0 Å². The summed E-state index contributed by atoms with van der Waals surface area (Å²) in [6.45, 7) is -0.997. The average molecular weight is 279 g/mol. The van der Waals surface area contributed by atoms with Crippen LogP contribution in [0.15, 0.2) is 24.3 Å². The molecule has 1 N–H and O–H groups in total. The molecule has 0 aliphatic carbocycles. The van der Waals surface area contributed by atoms with Gasteiger partial charge in [0.1, 0.15) is 5.75 Å². The molecule has 0 bridgehead atoms. The molecule has 1 rings (SSSR count). The zero-order valence-electron chi connectivity index (χ0n) is 9.90. The summed E-state index contributed by atoms with van der Waals surface area (Å²) in [5.41, 5.74) is 0.327. The number of alkyl halides is 2.